The first kappa shape index (κ1) is 13.6. The van der Waals surface area contributed by atoms with E-state index in [1.54, 1.807) is 6.92 Å². The zero-order chi connectivity index (χ0) is 13.4. The molecule has 1 atom stereocenters. The number of nitrogens with one attached hydrogen (secondary N) is 3. The molecule has 0 aromatic carbocycles. The molecule has 7 nitrogen and oxygen atoms in total. The molecule has 0 aliphatic rings. The third-order valence-corrected chi connectivity index (χ3v) is 2.10. The van der Waals surface area contributed by atoms with Crippen LogP contribution in [0.3, 0.4) is 0 Å². The van der Waals surface area contributed by atoms with E-state index in [-0.39, 0.29) is 13.0 Å². The standard InChI is InChI=1S/C11H14N4O3/c1-2-3-4-13-11(18)15-9(10(16)17)5-8-6-12-7-14-8/h6-7,9H,4-5H2,1H3,(H,12,14)(H,16,17)(H2,13,15,18)/t9-/m0/s1. The number of imidazole rings is 1. The molecule has 1 aromatic heterocycles. The Bertz CT molecular complexity index is 458. The Balaban J connectivity index is 2.49. The number of urea groups is 1. The van der Waals surface area contributed by atoms with E-state index >= 15 is 0 Å². The predicted octanol–water partition coefficient (Wildman–Crippen LogP) is -0.272. The lowest BCUT2D eigenvalue weighted by Crippen LogP contribution is -2.47. The third kappa shape index (κ3) is 4.57. The molecule has 1 heterocycles. The summed E-state index contributed by atoms with van der Waals surface area (Å²) in [6, 6.07) is -1.58. The molecule has 1 aromatic rings. The molecule has 0 radical (unpaired) electrons. The Labute approximate surface area is 104 Å². The number of aromatic nitrogens is 2. The van der Waals surface area contributed by atoms with Crippen LogP contribution in [0, 0.1) is 11.8 Å². The fourth-order valence-electron chi connectivity index (χ4n) is 1.24. The number of hydrogen-bond donors (Lipinski definition) is 4. The Morgan fingerprint density at radius 2 is 2.39 bits per heavy atom. The third-order valence-electron chi connectivity index (χ3n) is 2.10. The molecular weight excluding hydrogens is 236 g/mol. The molecule has 0 fully saturated rings. The summed E-state index contributed by atoms with van der Waals surface area (Å²) >= 11 is 0. The highest BCUT2D eigenvalue weighted by molar-refractivity contribution is 5.82. The highest BCUT2D eigenvalue weighted by Crippen LogP contribution is 1.98. The van der Waals surface area contributed by atoms with Gasteiger partial charge in [-0.1, -0.05) is 5.92 Å². The summed E-state index contributed by atoms with van der Waals surface area (Å²) in [6.07, 6.45) is 3.10. The number of carboxylic acid groups (broad SMARTS) is 1. The van der Waals surface area contributed by atoms with Gasteiger partial charge in [0.25, 0.3) is 0 Å². The Kier molecular flexibility index (Phi) is 5.25. The van der Waals surface area contributed by atoms with Gasteiger partial charge in [-0.15, -0.1) is 5.92 Å². The number of aromatic amines is 1. The highest BCUT2D eigenvalue weighted by atomic mass is 16.4. The van der Waals surface area contributed by atoms with Crippen LogP contribution in [-0.2, 0) is 11.2 Å². The summed E-state index contributed by atoms with van der Waals surface area (Å²) in [5.74, 6) is 4.15. The van der Waals surface area contributed by atoms with Crippen molar-refractivity contribution in [3.05, 3.63) is 18.2 Å². The average Bonchev–Trinajstić information content (AvgIpc) is 2.81. The van der Waals surface area contributed by atoms with Gasteiger partial charge in [-0.05, 0) is 6.92 Å². The fraction of sp³-hybridized carbons (Fsp3) is 0.364. The van der Waals surface area contributed by atoms with E-state index in [1.165, 1.54) is 12.5 Å². The molecule has 18 heavy (non-hydrogen) atoms. The van der Waals surface area contributed by atoms with E-state index in [1.807, 2.05) is 0 Å². The van der Waals surface area contributed by atoms with E-state index < -0.39 is 18.0 Å². The summed E-state index contributed by atoms with van der Waals surface area (Å²) in [5, 5.41) is 13.8. The zero-order valence-electron chi connectivity index (χ0n) is 9.86. The number of nitrogens with zero attached hydrogens (tertiary/aromatic N) is 1. The van der Waals surface area contributed by atoms with Gasteiger partial charge in [-0.3, -0.25) is 0 Å². The van der Waals surface area contributed by atoms with Crippen LogP contribution >= 0.6 is 0 Å². The van der Waals surface area contributed by atoms with Gasteiger partial charge in [-0.2, -0.15) is 0 Å². The van der Waals surface area contributed by atoms with Crippen LogP contribution in [0.5, 0.6) is 0 Å². The van der Waals surface area contributed by atoms with Gasteiger partial charge in [0.15, 0.2) is 0 Å². The number of carbonyl (C=O) groups excluding carboxylic acids is 1. The minimum absolute atomic E-state index is 0.141. The molecular formula is C11H14N4O3. The van der Waals surface area contributed by atoms with E-state index in [0.717, 1.165) is 0 Å². The normalized spacial score (nSPS) is 10.9. The van der Waals surface area contributed by atoms with Crippen LogP contribution in [0.2, 0.25) is 0 Å². The van der Waals surface area contributed by atoms with Crippen LogP contribution in [0.25, 0.3) is 0 Å². The molecule has 0 saturated heterocycles. The summed E-state index contributed by atoms with van der Waals surface area (Å²) in [4.78, 5) is 28.9. The molecule has 2 amide bonds. The summed E-state index contributed by atoms with van der Waals surface area (Å²) in [7, 11) is 0. The highest BCUT2D eigenvalue weighted by Gasteiger charge is 2.20. The largest absolute Gasteiger partial charge is 0.480 e. The summed E-state index contributed by atoms with van der Waals surface area (Å²) < 4.78 is 0. The molecule has 0 spiro atoms. The number of rotatable bonds is 5. The van der Waals surface area contributed by atoms with Gasteiger partial charge in [0.1, 0.15) is 6.04 Å². The molecule has 0 bridgehead atoms. The van der Waals surface area contributed by atoms with E-state index in [9.17, 15) is 9.59 Å². The first-order valence-electron chi connectivity index (χ1n) is 5.27. The molecule has 7 heteroatoms. The second-order valence-electron chi connectivity index (χ2n) is 3.43. The van der Waals surface area contributed by atoms with Gasteiger partial charge >= 0.3 is 12.0 Å². The maximum Gasteiger partial charge on any atom is 0.326 e. The van der Waals surface area contributed by atoms with Crippen LogP contribution in [0.4, 0.5) is 4.79 Å². The monoisotopic (exact) mass is 250 g/mol. The molecule has 1 rings (SSSR count). The number of carbonyl (C=O) groups is 2. The van der Waals surface area contributed by atoms with Crippen LogP contribution in [-0.4, -0.2) is 39.7 Å². The van der Waals surface area contributed by atoms with Crippen molar-refractivity contribution < 1.29 is 14.7 Å². The number of aliphatic carboxylic acids is 1. The van der Waals surface area contributed by atoms with Crippen LogP contribution < -0.4 is 10.6 Å². The van der Waals surface area contributed by atoms with Gasteiger partial charge in [-0.25, -0.2) is 14.6 Å². The minimum Gasteiger partial charge on any atom is -0.480 e. The van der Waals surface area contributed by atoms with E-state index in [0.29, 0.717) is 5.69 Å². The molecule has 96 valence electrons. The molecule has 0 aliphatic carbocycles. The lowest BCUT2D eigenvalue weighted by molar-refractivity contribution is -0.139. The predicted molar refractivity (Wildman–Crippen MR) is 63.7 cm³/mol. The van der Waals surface area contributed by atoms with Crippen molar-refractivity contribution in [2.45, 2.75) is 19.4 Å². The van der Waals surface area contributed by atoms with E-state index in [4.69, 9.17) is 5.11 Å². The zero-order valence-corrected chi connectivity index (χ0v) is 9.86. The van der Waals surface area contributed by atoms with Gasteiger partial charge in [0.2, 0.25) is 0 Å². The topological polar surface area (TPSA) is 107 Å². The summed E-state index contributed by atoms with van der Waals surface area (Å²) in [6.45, 7) is 1.83. The lowest BCUT2D eigenvalue weighted by Gasteiger charge is -2.13. The Morgan fingerprint density at radius 1 is 1.61 bits per heavy atom. The smallest absolute Gasteiger partial charge is 0.326 e. The number of H-pyrrole nitrogens is 1. The number of carboxylic acids is 1. The molecule has 0 aliphatic heterocycles. The first-order valence-corrected chi connectivity index (χ1v) is 5.27. The second kappa shape index (κ2) is 6.96. The SMILES string of the molecule is CC#CCNC(=O)N[C@@H](Cc1cnc[nH]1)C(=O)O. The van der Waals surface area contributed by atoms with Gasteiger partial charge in [0.05, 0.1) is 12.9 Å². The lowest BCUT2D eigenvalue weighted by atomic mass is 10.2. The van der Waals surface area contributed by atoms with Crippen molar-refractivity contribution in [3.63, 3.8) is 0 Å². The molecule has 4 N–H and O–H groups in total. The van der Waals surface area contributed by atoms with Crippen molar-refractivity contribution in [2.24, 2.45) is 0 Å². The fourth-order valence-corrected chi connectivity index (χ4v) is 1.24. The molecule has 0 saturated carbocycles. The minimum atomic E-state index is -1.11. The van der Waals surface area contributed by atoms with Gasteiger partial charge in [0, 0.05) is 18.3 Å². The van der Waals surface area contributed by atoms with Crippen LogP contribution in [0.15, 0.2) is 12.5 Å². The number of hydrogen-bond acceptors (Lipinski definition) is 3. The van der Waals surface area contributed by atoms with Crippen molar-refractivity contribution in [2.75, 3.05) is 6.54 Å². The van der Waals surface area contributed by atoms with Crippen molar-refractivity contribution in [3.8, 4) is 11.8 Å². The Morgan fingerprint density at radius 3 is 2.94 bits per heavy atom. The maximum atomic E-state index is 11.4. The number of amides is 2. The van der Waals surface area contributed by atoms with Crippen molar-refractivity contribution in [1.82, 2.24) is 20.6 Å². The quantitative estimate of drug-likeness (QED) is 0.539. The van der Waals surface area contributed by atoms with E-state index in [2.05, 4.69) is 32.4 Å². The molecule has 0 unspecified atom stereocenters. The second-order valence-corrected chi connectivity index (χ2v) is 3.43. The van der Waals surface area contributed by atoms with Crippen molar-refractivity contribution >= 4 is 12.0 Å². The Hall–Kier alpha value is -2.49. The van der Waals surface area contributed by atoms with Crippen molar-refractivity contribution in [1.29, 1.82) is 0 Å². The van der Waals surface area contributed by atoms with Gasteiger partial charge < -0.3 is 20.7 Å². The van der Waals surface area contributed by atoms with Crippen LogP contribution in [0.1, 0.15) is 12.6 Å². The maximum absolute atomic E-state index is 11.4. The average molecular weight is 250 g/mol. The first-order chi connectivity index (χ1) is 8.63. The summed E-state index contributed by atoms with van der Waals surface area (Å²) in [5.41, 5.74) is 0.635.